The molecule has 0 saturated carbocycles. The molecule has 6 nitrogen and oxygen atoms in total. The van der Waals surface area contributed by atoms with Crippen molar-refractivity contribution < 1.29 is 17.9 Å². The fourth-order valence-corrected chi connectivity index (χ4v) is 6.03. The molecule has 2 aliphatic heterocycles. The Morgan fingerprint density at radius 2 is 1.74 bits per heavy atom. The molecular formula is C16H30N2O4S. The normalized spacial score (nSPS) is 29.4. The van der Waals surface area contributed by atoms with Gasteiger partial charge in [-0.2, -0.15) is 0 Å². The third-order valence-electron chi connectivity index (χ3n) is 4.86. The number of carbonyl (C=O) groups is 1. The number of amides is 1. The summed E-state index contributed by atoms with van der Waals surface area (Å²) < 4.78 is 28.5. The maximum atomic E-state index is 12.4. The van der Waals surface area contributed by atoms with Gasteiger partial charge in [0.25, 0.3) is 0 Å². The van der Waals surface area contributed by atoms with Gasteiger partial charge in [0.05, 0.1) is 18.1 Å². The minimum Gasteiger partial charge on any atom is -0.450 e. The van der Waals surface area contributed by atoms with Gasteiger partial charge in [-0.1, -0.05) is 0 Å². The quantitative estimate of drug-likeness (QED) is 0.845. The molecule has 2 saturated heterocycles. The second-order valence-corrected chi connectivity index (χ2v) is 10.3. The van der Waals surface area contributed by atoms with Crippen molar-refractivity contribution in [2.75, 3.05) is 18.1 Å². The first-order valence-corrected chi connectivity index (χ1v) is 10.2. The number of hydrogen-bond acceptors (Lipinski definition) is 5. The number of nitrogens with zero attached hydrogens (tertiary/aromatic N) is 1. The SMILES string of the molecule is CCOC(=O)N1C(C)(C)CC(N[C@@H]2CCS(=O)(=O)C2)CC1(C)C. The molecule has 1 amide bonds. The van der Waals surface area contributed by atoms with Gasteiger partial charge in [-0.05, 0) is 53.9 Å². The molecule has 0 aromatic carbocycles. The zero-order valence-electron chi connectivity index (χ0n) is 14.9. The summed E-state index contributed by atoms with van der Waals surface area (Å²) >= 11 is 0. The van der Waals surface area contributed by atoms with E-state index in [9.17, 15) is 13.2 Å². The molecule has 0 aliphatic carbocycles. The minimum absolute atomic E-state index is 0.0331. The summed E-state index contributed by atoms with van der Waals surface area (Å²) in [6.07, 6.45) is 1.98. The van der Waals surface area contributed by atoms with Crippen LogP contribution in [-0.2, 0) is 14.6 Å². The number of carbonyl (C=O) groups excluding carboxylic acids is 1. The van der Waals surface area contributed by atoms with Crippen LogP contribution in [-0.4, -0.2) is 60.7 Å². The molecule has 2 aliphatic rings. The Bertz CT molecular complexity index is 538. The van der Waals surface area contributed by atoms with Crippen LogP contribution in [0.4, 0.5) is 4.79 Å². The van der Waals surface area contributed by atoms with E-state index in [2.05, 4.69) is 5.32 Å². The molecule has 23 heavy (non-hydrogen) atoms. The van der Waals surface area contributed by atoms with E-state index in [1.807, 2.05) is 39.5 Å². The van der Waals surface area contributed by atoms with E-state index in [0.29, 0.717) is 13.0 Å². The molecular weight excluding hydrogens is 316 g/mol. The first kappa shape index (κ1) is 18.5. The Hall–Kier alpha value is -0.820. The molecule has 2 rings (SSSR count). The van der Waals surface area contributed by atoms with Crippen molar-refractivity contribution in [2.24, 2.45) is 0 Å². The summed E-state index contributed by atoms with van der Waals surface area (Å²) in [4.78, 5) is 14.2. The van der Waals surface area contributed by atoms with Gasteiger partial charge >= 0.3 is 6.09 Å². The number of rotatable bonds is 3. The summed E-state index contributed by atoms with van der Waals surface area (Å²) in [5.41, 5.74) is -0.688. The molecule has 2 fully saturated rings. The number of nitrogens with one attached hydrogen (secondary N) is 1. The summed E-state index contributed by atoms with van der Waals surface area (Å²) in [5, 5.41) is 3.52. The highest BCUT2D eigenvalue weighted by atomic mass is 32.2. The second-order valence-electron chi connectivity index (χ2n) is 8.03. The van der Waals surface area contributed by atoms with Crippen LogP contribution in [0.3, 0.4) is 0 Å². The molecule has 0 bridgehead atoms. The van der Waals surface area contributed by atoms with Crippen LogP contribution in [0, 0.1) is 0 Å². The fourth-order valence-electron chi connectivity index (χ4n) is 4.34. The maximum absolute atomic E-state index is 12.4. The monoisotopic (exact) mass is 346 g/mol. The Balaban J connectivity index is 2.10. The molecule has 0 spiro atoms. The minimum atomic E-state index is -2.88. The van der Waals surface area contributed by atoms with Crippen molar-refractivity contribution in [3.8, 4) is 0 Å². The lowest BCUT2D eigenvalue weighted by molar-refractivity contribution is -0.0343. The van der Waals surface area contributed by atoms with Gasteiger partial charge in [0.2, 0.25) is 0 Å². The van der Waals surface area contributed by atoms with Gasteiger partial charge in [0.1, 0.15) is 0 Å². The lowest BCUT2D eigenvalue weighted by atomic mass is 9.77. The Morgan fingerprint density at radius 1 is 1.17 bits per heavy atom. The fraction of sp³-hybridized carbons (Fsp3) is 0.938. The van der Waals surface area contributed by atoms with Crippen molar-refractivity contribution in [1.29, 1.82) is 0 Å². The predicted molar refractivity (Wildman–Crippen MR) is 90.2 cm³/mol. The van der Waals surface area contributed by atoms with Gasteiger partial charge in [0, 0.05) is 23.2 Å². The lowest BCUT2D eigenvalue weighted by Crippen LogP contribution is -2.66. The average molecular weight is 346 g/mol. The van der Waals surface area contributed by atoms with Crippen LogP contribution in [0.2, 0.25) is 0 Å². The summed E-state index contributed by atoms with van der Waals surface area (Å²) in [6.45, 7) is 10.4. The Kier molecular flexibility index (Phi) is 5.02. The summed E-state index contributed by atoms with van der Waals surface area (Å²) in [5.74, 6) is 0.505. The third kappa shape index (κ3) is 4.18. The number of sulfone groups is 1. The topological polar surface area (TPSA) is 75.7 Å². The molecule has 0 radical (unpaired) electrons. The predicted octanol–water partition coefficient (Wildman–Crippen LogP) is 1.94. The van der Waals surface area contributed by atoms with E-state index < -0.39 is 9.84 Å². The van der Waals surface area contributed by atoms with Gasteiger partial charge in [-0.25, -0.2) is 13.2 Å². The molecule has 7 heteroatoms. The zero-order chi connectivity index (χ0) is 17.5. The first-order valence-electron chi connectivity index (χ1n) is 8.40. The van der Waals surface area contributed by atoms with E-state index in [4.69, 9.17) is 4.74 Å². The van der Waals surface area contributed by atoms with Crippen LogP contribution < -0.4 is 5.32 Å². The Morgan fingerprint density at radius 3 is 2.17 bits per heavy atom. The maximum Gasteiger partial charge on any atom is 0.410 e. The standard InChI is InChI=1S/C16H30N2O4S/c1-6-22-14(19)18-15(2,3)9-13(10-16(18,4)5)17-12-7-8-23(20,21)11-12/h12-13,17H,6-11H2,1-5H3/t12-/m1/s1. The Labute approximate surface area is 139 Å². The zero-order valence-corrected chi connectivity index (χ0v) is 15.7. The smallest absolute Gasteiger partial charge is 0.410 e. The van der Waals surface area contributed by atoms with E-state index in [1.165, 1.54) is 0 Å². The number of hydrogen-bond donors (Lipinski definition) is 1. The number of ether oxygens (including phenoxy) is 1. The highest BCUT2D eigenvalue weighted by Gasteiger charge is 2.49. The molecule has 1 atom stereocenters. The average Bonchev–Trinajstić information content (AvgIpc) is 2.65. The second kappa shape index (κ2) is 6.24. The van der Waals surface area contributed by atoms with E-state index in [-0.39, 0.29) is 40.8 Å². The number of piperidine rings is 1. The molecule has 0 unspecified atom stereocenters. The molecule has 0 aromatic heterocycles. The van der Waals surface area contributed by atoms with Crippen molar-refractivity contribution in [3.05, 3.63) is 0 Å². The molecule has 1 N–H and O–H groups in total. The van der Waals surface area contributed by atoms with Gasteiger partial charge in [0.15, 0.2) is 9.84 Å². The van der Waals surface area contributed by atoms with Crippen LogP contribution in [0.15, 0.2) is 0 Å². The van der Waals surface area contributed by atoms with Crippen LogP contribution in [0.25, 0.3) is 0 Å². The van der Waals surface area contributed by atoms with Crippen LogP contribution in [0.1, 0.15) is 53.9 Å². The van der Waals surface area contributed by atoms with E-state index in [1.54, 1.807) is 0 Å². The third-order valence-corrected chi connectivity index (χ3v) is 6.62. The van der Waals surface area contributed by atoms with Crippen molar-refractivity contribution in [3.63, 3.8) is 0 Å². The van der Waals surface area contributed by atoms with Gasteiger partial charge in [-0.15, -0.1) is 0 Å². The largest absolute Gasteiger partial charge is 0.450 e. The van der Waals surface area contributed by atoms with Gasteiger partial charge < -0.3 is 10.1 Å². The van der Waals surface area contributed by atoms with Crippen LogP contribution in [0.5, 0.6) is 0 Å². The van der Waals surface area contributed by atoms with Crippen molar-refractivity contribution >= 4 is 15.9 Å². The summed E-state index contributed by atoms with van der Waals surface area (Å²) in [6, 6.07) is 0.231. The molecule has 0 aromatic rings. The van der Waals surface area contributed by atoms with E-state index >= 15 is 0 Å². The van der Waals surface area contributed by atoms with Crippen LogP contribution >= 0.6 is 0 Å². The highest BCUT2D eigenvalue weighted by Crippen LogP contribution is 2.39. The molecule has 134 valence electrons. The highest BCUT2D eigenvalue weighted by molar-refractivity contribution is 7.91. The number of likely N-dealkylation sites (tertiary alicyclic amines) is 1. The first-order chi connectivity index (χ1) is 10.5. The van der Waals surface area contributed by atoms with Crippen molar-refractivity contribution in [2.45, 2.75) is 77.0 Å². The van der Waals surface area contributed by atoms with Gasteiger partial charge in [-0.3, -0.25) is 4.90 Å². The molecule has 2 heterocycles. The summed E-state index contributed by atoms with van der Waals surface area (Å²) in [7, 11) is -2.88. The lowest BCUT2D eigenvalue weighted by Gasteiger charge is -2.54. The van der Waals surface area contributed by atoms with E-state index in [0.717, 1.165) is 12.8 Å². The van der Waals surface area contributed by atoms with Crippen molar-refractivity contribution in [1.82, 2.24) is 10.2 Å².